The predicted molar refractivity (Wildman–Crippen MR) is 175 cm³/mol. The van der Waals surface area contributed by atoms with Crippen molar-refractivity contribution >= 4 is 18.0 Å². The van der Waals surface area contributed by atoms with Crippen molar-refractivity contribution in [3.63, 3.8) is 0 Å². The number of rotatable bonds is 14. The zero-order valence-corrected chi connectivity index (χ0v) is 27.3. The largest absolute Gasteiger partial charge is 0.416 e. The molecule has 0 bridgehead atoms. The SMILES string of the molecule is COC1CC(NCc2cc(C)c(CN(C=O)c3cc(-c4cc(C)ncc4-c4nncn4C)cc(NCCCC#N)n3)c(C(F)(F)F)c2)C1. The topological polar surface area (TPSA) is 134 Å². The lowest BCUT2D eigenvalue weighted by atomic mass is 9.89. The van der Waals surface area contributed by atoms with E-state index in [1.165, 1.54) is 4.90 Å². The van der Waals surface area contributed by atoms with Crippen molar-refractivity contribution < 1.29 is 22.7 Å². The lowest BCUT2D eigenvalue weighted by molar-refractivity contribution is -0.138. The maximum Gasteiger partial charge on any atom is 0.416 e. The highest BCUT2D eigenvalue weighted by Crippen LogP contribution is 2.37. The minimum atomic E-state index is -4.65. The van der Waals surface area contributed by atoms with E-state index in [4.69, 9.17) is 10.00 Å². The molecular weight excluding hydrogens is 623 g/mol. The van der Waals surface area contributed by atoms with Gasteiger partial charge in [0.25, 0.3) is 0 Å². The van der Waals surface area contributed by atoms with Gasteiger partial charge in [-0.05, 0) is 85.2 Å². The van der Waals surface area contributed by atoms with E-state index in [9.17, 15) is 18.0 Å². The Morgan fingerprint density at radius 3 is 2.62 bits per heavy atom. The van der Waals surface area contributed by atoms with Gasteiger partial charge in [0.15, 0.2) is 5.82 Å². The van der Waals surface area contributed by atoms with Crippen molar-refractivity contribution in [3.05, 3.63) is 70.8 Å². The Kier molecular flexibility index (Phi) is 10.7. The number of aromatic nitrogens is 5. The highest BCUT2D eigenvalue weighted by Gasteiger charge is 2.35. The first kappa shape index (κ1) is 34.5. The minimum Gasteiger partial charge on any atom is -0.381 e. The molecule has 3 aromatic heterocycles. The number of amides is 1. The standard InChI is InChI=1S/C34H38F3N9O2/c1-21-9-23(16-41-25-14-26(15-25)48-4)11-30(34(35,36)37)29(21)18-46(20-47)32-13-24(12-31(43-32)39-8-6-5-7-38)27-10-22(2)40-17-28(27)33-44-42-19-45(33)3/h9-13,17,19-20,25-26,41H,5-6,8,14-16,18H2,1-4H3,(H,39,43). The summed E-state index contributed by atoms with van der Waals surface area (Å²) in [6, 6.07) is 10.5. The third kappa shape index (κ3) is 7.98. The lowest BCUT2D eigenvalue weighted by Gasteiger charge is -2.35. The molecule has 1 amide bonds. The molecule has 14 heteroatoms. The summed E-state index contributed by atoms with van der Waals surface area (Å²) < 4.78 is 50.6. The number of halogens is 3. The maximum absolute atomic E-state index is 14.5. The summed E-state index contributed by atoms with van der Waals surface area (Å²) in [6.45, 7) is 3.82. The summed E-state index contributed by atoms with van der Waals surface area (Å²) in [4.78, 5) is 22.9. The van der Waals surface area contributed by atoms with Gasteiger partial charge in [-0.15, -0.1) is 10.2 Å². The van der Waals surface area contributed by atoms with Gasteiger partial charge in [0, 0.05) is 57.2 Å². The van der Waals surface area contributed by atoms with Gasteiger partial charge in [-0.3, -0.25) is 14.7 Å². The van der Waals surface area contributed by atoms with Crippen molar-refractivity contribution in [2.75, 3.05) is 23.9 Å². The van der Waals surface area contributed by atoms with Gasteiger partial charge < -0.3 is 19.9 Å². The fraction of sp³-hybridized carbons (Fsp3) is 0.412. The first-order valence-corrected chi connectivity index (χ1v) is 15.6. The Labute approximate surface area is 277 Å². The van der Waals surface area contributed by atoms with E-state index in [1.807, 2.05) is 13.0 Å². The second-order valence-corrected chi connectivity index (χ2v) is 12.0. The van der Waals surface area contributed by atoms with Gasteiger partial charge in [-0.25, -0.2) is 4.98 Å². The first-order valence-electron chi connectivity index (χ1n) is 15.6. The van der Waals surface area contributed by atoms with Crippen LogP contribution in [-0.4, -0.2) is 56.9 Å². The van der Waals surface area contributed by atoms with Gasteiger partial charge in [0.05, 0.1) is 24.3 Å². The number of carbonyl (C=O) groups excluding carboxylic acids is 1. The molecule has 4 aromatic rings. The van der Waals surface area contributed by atoms with Crippen LogP contribution in [0.3, 0.4) is 0 Å². The van der Waals surface area contributed by atoms with Crippen LogP contribution in [0.15, 0.2) is 42.9 Å². The normalized spacial score (nSPS) is 15.9. The zero-order chi connectivity index (χ0) is 34.4. The van der Waals surface area contributed by atoms with Crippen molar-refractivity contribution in [1.82, 2.24) is 30.0 Å². The molecule has 252 valence electrons. The van der Waals surface area contributed by atoms with Gasteiger partial charge in [0.2, 0.25) is 6.41 Å². The average molecular weight is 662 g/mol. The number of ether oxygens (including phenoxy) is 1. The van der Waals surface area contributed by atoms with Crippen molar-refractivity contribution in [2.24, 2.45) is 7.05 Å². The van der Waals surface area contributed by atoms with E-state index in [0.717, 1.165) is 30.2 Å². The second-order valence-electron chi connectivity index (χ2n) is 12.0. The number of carbonyl (C=O) groups is 1. The molecule has 48 heavy (non-hydrogen) atoms. The highest BCUT2D eigenvalue weighted by molar-refractivity contribution is 5.85. The number of anilines is 2. The molecule has 3 heterocycles. The number of unbranched alkanes of at least 4 members (excludes halogenated alkanes) is 1. The number of nitriles is 1. The summed E-state index contributed by atoms with van der Waals surface area (Å²) in [5.41, 5.74) is 2.87. The van der Waals surface area contributed by atoms with Gasteiger partial charge in [0.1, 0.15) is 18.0 Å². The number of methoxy groups -OCH3 is 1. The highest BCUT2D eigenvalue weighted by atomic mass is 19.4. The molecule has 5 rings (SSSR count). The van der Waals surface area contributed by atoms with E-state index in [1.54, 1.807) is 56.4 Å². The molecular formula is C34H38F3N9O2. The van der Waals surface area contributed by atoms with Crippen molar-refractivity contribution in [1.29, 1.82) is 5.26 Å². The molecule has 2 N–H and O–H groups in total. The molecule has 0 spiro atoms. The van der Waals surface area contributed by atoms with Crippen LogP contribution >= 0.6 is 0 Å². The first-order chi connectivity index (χ1) is 23.0. The van der Waals surface area contributed by atoms with Crippen molar-refractivity contribution in [2.45, 2.75) is 70.9 Å². The summed E-state index contributed by atoms with van der Waals surface area (Å²) in [6.07, 6.45) is 1.78. The van der Waals surface area contributed by atoms with Crippen LogP contribution in [-0.2, 0) is 35.8 Å². The van der Waals surface area contributed by atoms with Crippen LogP contribution in [0.1, 0.15) is 53.6 Å². The molecule has 0 saturated heterocycles. The number of hydrogen-bond acceptors (Lipinski definition) is 9. The predicted octanol–water partition coefficient (Wildman–Crippen LogP) is 5.72. The van der Waals surface area contributed by atoms with Crippen LogP contribution in [0.2, 0.25) is 0 Å². The van der Waals surface area contributed by atoms with Crippen molar-refractivity contribution in [3.8, 4) is 28.6 Å². The summed E-state index contributed by atoms with van der Waals surface area (Å²) in [5.74, 6) is 1.11. The maximum atomic E-state index is 14.5. The van der Waals surface area contributed by atoms with Gasteiger partial charge in [-0.1, -0.05) is 6.07 Å². The number of aryl methyl sites for hydroxylation is 3. The van der Waals surface area contributed by atoms with Gasteiger partial charge >= 0.3 is 6.18 Å². The number of nitrogens with zero attached hydrogens (tertiary/aromatic N) is 7. The fourth-order valence-corrected chi connectivity index (χ4v) is 5.78. The summed E-state index contributed by atoms with van der Waals surface area (Å²) in [5, 5.41) is 23.7. The average Bonchev–Trinajstić information content (AvgIpc) is 3.46. The molecule has 1 aromatic carbocycles. The number of alkyl halides is 3. The summed E-state index contributed by atoms with van der Waals surface area (Å²) >= 11 is 0. The molecule has 0 aliphatic heterocycles. The fourth-order valence-electron chi connectivity index (χ4n) is 5.78. The third-order valence-corrected chi connectivity index (χ3v) is 8.50. The lowest BCUT2D eigenvalue weighted by Crippen LogP contribution is -2.44. The Morgan fingerprint density at radius 2 is 1.96 bits per heavy atom. The molecule has 0 radical (unpaired) electrons. The number of nitrogens with one attached hydrogen (secondary N) is 2. The Balaban J connectivity index is 1.52. The van der Waals surface area contributed by atoms with Crippen LogP contribution in [0.5, 0.6) is 0 Å². The molecule has 0 unspecified atom stereocenters. The van der Waals surface area contributed by atoms with E-state index < -0.39 is 11.7 Å². The Morgan fingerprint density at radius 1 is 1.17 bits per heavy atom. The van der Waals surface area contributed by atoms with Crippen LogP contribution in [0.4, 0.5) is 24.8 Å². The zero-order valence-electron chi connectivity index (χ0n) is 27.3. The second kappa shape index (κ2) is 14.9. The van der Waals surface area contributed by atoms with E-state index in [2.05, 4.69) is 36.9 Å². The van der Waals surface area contributed by atoms with E-state index in [-0.39, 0.29) is 36.6 Å². The Bertz CT molecular complexity index is 1800. The van der Waals surface area contributed by atoms with E-state index in [0.29, 0.717) is 59.7 Å². The quantitative estimate of drug-likeness (QED) is 0.129. The summed E-state index contributed by atoms with van der Waals surface area (Å²) in [7, 11) is 3.46. The Hall–Kier alpha value is -4.87. The molecule has 1 aliphatic carbocycles. The van der Waals surface area contributed by atoms with Gasteiger partial charge in [-0.2, -0.15) is 18.4 Å². The molecule has 1 fully saturated rings. The van der Waals surface area contributed by atoms with Crippen LogP contribution < -0.4 is 15.5 Å². The van der Waals surface area contributed by atoms with E-state index >= 15 is 0 Å². The molecule has 1 aliphatic rings. The minimum absolute atomic E-state index is 0.0169. The molecule has 1 saturated carbocycles. The third-order valence-electron chi connectivity index (χ3n) is 8.50. The smallest absolute Gasteiger partial charge is 0.381 e. The monoisotopic (exact) mass is 661 g/mol. The number of hydrogen-bond donors (Lipinski definition) is 2. The number of pyridine rings is 2. The number of benzene rings is 1. The van der Waals surface area contributed by atoms with Crippen LogP contribution in [0, 0.1) is 25.2 Å². The molecule has 11 nitrogen and oxygen atoms in total. The molecule has 0 atom stereocenters. The van der Waals surface area contributed by atoms with Crippen LogP contribution in [0.25, 0.3) is 22.5 Å².